The first-order chi connectivity index (χ1) is 11.3. The molecule has 0 aliphatic heterocycles. The summed E-state index contributed by atoms with van der Waals surface area (Å²) in [5.74, 6) is -0.412. The van der Waals surface area contributed by atoms with Crippen molar-refractivity contribution >= 4 is 43.9 Å². The molecule has 8 heteroatoms. The maximum atomic E-state index is 11.6. The van der Waals surface area contributed by atoms with Crippen LogP contribution in [0.15, 0.2) is 36.5 Å². The fourth-order valence-corrected chi connectivity index (χ4v) is 3.80. The first kappa shape index (κ1) is 17.2. The number of nitrogens with zero attached hydrogens (tertiary/aromatic N) is 1. The summed E-state index contributed by atoms with van der Waals surface area (Å²) < 4.78 is 23.1. The lowest BCUT2D eigenvalue weighted by Crippen LogP contribution is -2.13. The van der Waals surface area contributed by atoms with Gasteiger partial charge in [0.15, 0.2) is 0 Å². The molecule has 1 aromatic carbocycles. The van der Waals surface area contributed by atoms with Gasteiger partial charge < -0.3 is 10.1 Å². The average molecular weight is 385 g/mol. The van der Waals surface area contributed by atoms with Gasteiger partial charge >= 0.3 is 0 Å². The van der Waals surface area contributed by atoms with E-state index in [-0.39, 0.29) is 0 Å². The Morgan fingerprint density at radius 1 is 1.25 bits per heavy atom. The number of pyridine rings is 1. The van der Waals surface area contributed by atoms with Gasteiger partial charge in [-0.2, -0.15) is 0 Å². The van der Waals surface area contributed by atoms with Crippen LogP contribution in [0.1, 0.15) is 11.8 Å². The van der Waals surface area contributed by atoms with Gasteiger partial charge in [-0.15, -0.1) is 0 Å². The predicted molar refractivity (Wildman–Crippen MR) is 96.2 cm³/mol. The molecule has 0 saturated carbocycles. The molecule has 0 aliphatic rings. The first-order valence-corrected chi connectivity index (χ1v) is 9.86. The van der Waals surface area contributed by atoms with Crippen LogP contribution in [0.5, 0.6) is 0 Å². The Kier molecular flexibility index (Phi) is 4.57. The second-order valence-corrected chi connectivity index (χ2v) is 8.49. The summed E-state index contributed by atoms with van der Waals surface area (Å²) >= 11 is 12.5. The van der Waals surface area contributed by atoms with Gasteiger partial charge in [0, 0.05) is 28.9 Å². The highest BCUT2D eigenvalue weighted by atomic mass is 35.5. The third-order valence-corrected chi connectivity index (χ3v) is 5.32. The van der Waals surface area contributed by atoms with Gasteiger partial charge in [-0.3, -0.25) is 4.98 Å². The molecule has 5 nitrogen and oxygen atoms in total. The molecule has 3 rings (SSSR count). The van der Waals surface area contributed by atoms with Crippen molar-refractivity contribution < 1.29 is 13.5 Å². The second kappa shape index (κ2) is 6.37. The molecular formula is C16H14Cl2N2O3S. The van der Waals surface area contributed by atoms with E-state index in [0.29, 0.717) is 37.9 Å². The summed E-state index contributed by atoms with van der Waals surface area (Å²) in [6.07, 6.45) is 1.45. The molecule has 2 aromatic heterocycles. The lowest BCUT2D eigenvalue weighted by molar-refractivity contribution is 0.198. The Balaban J connectivity index is 2.31. The highest BCUT2D eigenvalue weighted by molar-refractivity contribution is 7.90. The van der Waals surface area contributed by atoms with E-state index < -0.39 is 21.7 Å². The topological polar surface area (TPSA) is 83.0 Å². The largest absolute Gasteiger partial charge is 0.386 e. The molecule has 0 amide bonds. The van der Waals surface area contributed by atoms with Crippen molar-refractivity contribution in [2.24, 2.45) is 0 Å². The maximum absolute atomic E-state index is 11.6. The predicted octanol–water partition coefficient (Wildman–Crippen LogP) is 3.61. The van der Waals surface area contributed by atoms with Gasteiger partial charge in [0.25, 0.3) is 0 Å². The number of aliphatic hydroxyl groups excluding tert-OH is 1. The molecule has 0 radical (unpaired) electrons. The SMILES string of the molecule is CS(=O)(=O)CC(O)c1[nH]c2ccc(Cl)c(Cl)c2c1-c1ccccn1. The minimum absolute atomic E-state index is 0.323. The number of hydrogen-bond acceptors (Lipinski definition) is 4. The van der Waals surface area contributed by atoms with Crippen LogP contribution in [0, 0.1) is 0 Å². The monoisotopic (exact) mass is 384 g/mol. The van der Waals surface area contributed by atoms with Crippen molar-refractivity contribution in [2.75, 3.05) is 12.0 Å². The Hall–Kier alpha value is -1.60. The van der Waals surface area contributed by atoms with E-state index in [1.165, 1.54) is 0 Å². The van der Waals surface area contributed by atoms with Crippen LogP contribution >= 0.6 is 23.2 Å². The molecule has 1 atom stereocenters. The van der Waals surface area contributed by atoms with Gasteiger partial charge in [0.05, 0.1) is 27.2 Å². The smallest absolute Gasteiger partial charge is 0.150 e. The van der Waals surface area contributed by atoms with Gasteiger partial charge in [0.1, 0.15) is 15.9 Å². The van der Waals surface area contributed by atoms with Gasteiger partial charge in [-0.05, 0) is 24.3 Å². The van der Waals surface area contributed by atoms with Gasteiger partial charge in [-0.1, -0.05) is 29.3 Å². The number of rotatable bonds is 4. The van der Waals surface area contributed by atoms with Crippen molar-refractivity contribution in [1.82, 2.24) is 9.97 Å². The van der Waals surface area contributed by atoms with Crippen LogP contribution in [-0.2, 0) is 9.84 Å². The summed E-state index contributed by atoms with van der Waals surface area (Å²) in [5.41, 5.74) is 2.11. The second-order valence-electron chi connectivity index (χ2n) is 5.52. The van der Waals surface area contributed by atoms with E-state index in [0.717, 1.165) is 6.26 Å². The zero-order valence-electron chi connectivity index (χ0n) is 12.6. The number of aliphatic hydroxyl groups is 1. The zero-order valence-corrected chi connectivity index (χ0v) is 15.0. The molecular weight excluding hydrogens is 371 g/mol. The number of fused-ring (bicyclic) bond motifs is 1. The highest BCUT2D eigenvalue weighted by Gasteiger charge is 2.25. The van der Waals surface area contributed by atoms with E-state index in [9.17, 15) is 13.5 Å². The molecule has 0 spiro atoms. The molecule has 2 heterocycles. The van der Waals surface area contributed by atoms with Crippen LogP contribution in [0.3, 0.4) is 0 Å². The fraction of sp³-hybridized carbons (Fsp3) is 0.188. The van der Waals surface area contributed by atoms with Crippen molar-refractivity contribution in [3.05, 3.63) is 52.3 Å². The van der Waals surface area contributed by atoms with Crippen molar-refractivity contribution in [2.45, 2.75) is 6.10 Å². The Labute approximate surface area is 149 Å². The lowest BCUT2D eigenvalue weighted by Gasteiger charge is -2.11. The van der Waals surface area contributed by atoms with Crippen LogP contribution in [0.25, 0.3) is 22.2 Å². The molecule has 3 aromatic rings. The lowest BCUT2D eigenvalue weighted by atomic mass is 10.0. The number of hydrogen-bond donors (Lipinski definition) is 2. The Morgan fingerprint density at radius 2 is 2.00 bits per heavy atom. The number of H-pyrrole nitrogens is 1. The first-order valence-electron chi connectivity index (χ1n) is 7.04. The molecule has 126 valence electrons. The highest BCUT2D eigenvalue weighted by Crippen LogP contribution is 2.41. The van der Waals surface area contributed by atoms with Crippen LogP contribution in [0.2, 0.25) is 10.0 Å². The number of nitrogens with one attached hydrogen (secondary N) is 1. The van der Waals surface area contributed by atoms with Crippen LogP contribution in [-0.4, -0.2) is 35.5 Å². The molecule has 0 aliphatic carbocycles. The van der Waals surface area contributed by atoms with Crippen molar-refractivity contribution in [1.29, 1.82) is 0 Å². The molecule has 24 heavy (non-hydrogen) atoms. The fourth-order valence-electron chi connectivity index (χ4n) is 2.64. The minimum Gasteiger partial charge on any atom is -0.386 e. The van der Waals surface area contributed by atoms with Crippen molar-refractivity contribution in [3.63, 3.8) is 0 Å². The summed E-state index contributed by atoms with van der Waals surface area (Å²) in [7, 11) is -3.38. The summed E-state index contributed by atoms with van der Waals surface area (Å²) in [4.78, 5) is 7.35. The van der Waals surface area contributed by atoms with Gasteiger partial charge in [-0.25, -0.2) is 8.42 Å². The Morgan fingerprint density at radius 3 is 2.62 bits per heavy atom. The number of benzene rings is 1. The van der Waals surface area contributed by atoms with Crippen LogP contribution < -0.4 is 0 Å². The molecule has 1 unspecified atom stereocenters. The summed E-state index contributed by atoms with van der Waals surface area (Å²) in [5, 5.41) is 11.7. The normalized spacial score (nSPS) is 13.3. The maximum Gasteiger partial charge on any atom is 0.150 e. The minimum atomic E-state index is -3.38. The number of aromatic amines is 1. The molecule has 2 N–H and O–H groups in total. The van der Waals surface area contributed by atoms with E-state index in [1.807, 2.05) is 0 Å². The van der Waals surface area contributed by atoms with Crippen LogP contribution in [0.4, 0.5) is 0 Å². The van der Waals surface area contributed by atoms with E-state index in [2.05, 4.69) is 9.97 Å². The Bertz CT molecular complexity index is 1000. The zero-order chi connectivity index (χ0) is 17.5. The molecule has 0 bridgehead atoms. The van der Waals surface area contributed by atoms with E-state index >= 15 is 0 Å². The summed E-state index contributed by atoms with van der Waals surface area (Å²) in [6.45, 7) is 0. The number of sulfone groups is 1. The number of aromatic nitrogens is 2. The van der Waals surface area contributed by atoms with E-state index in [4.69, 9.17) is 23.2 Å². The molecule has 0 saturated heterocycles. The summed E-state index contributed by atoms with van der Waals surface area (Å²) in [6, 6.07) is 8.69. The standard InChI is InChI=1S/C16H14Cl2N2O3S/c1-24(22,23)8-12(21)16-14(10-4-2-3-7-19-10)13-11(20-16)6-5-9(17)15(13)18/h2-7,12,20-21H,8H2,1H3. The number of halogens is 2. The quantitative estimate of drug-likeness (QED) is 0.719. The third kappa shape index (κ3) is 3.28. The third-order valence-electron chi connectivity index (χ3n) is 3.60. The van der Waals surface area contributed by atoms with Crippen molar-refractivity contribution in [3.8, 4) is 11.3 Å². The van der Waals surface area contributed by atoms with Gasteiger partial charge in [0.2, 0.25) is 0 Å². The van der Waals surface area contributed by atoms with E-state index in [1.54, 1.807) is 36.5 Å². The molecule has 0 fully saturated rings. The average Bonchev–Trinajstić information content (AvgIpc) is 2.90.